The second-order valence-electron chi connectivity index (χ2n) is 7.14. The van der Waals surface area contributed by atoms with Crippen molar-refractivity contribution in [2.24, 2.45) is 0 Å². The van der Waals surface area contributed by atoms with Gasteiger partial charge in [-0.15, -0.1) is 0 Å². The van der Waals surface area contributed by atoms with Gasteiger partial charge in [0.2, 0.25) is 0 Å². The number of nitrogens with zero attached hydrogens (tertiary/aromatic N) is 1. The Bertz CT molecular complexity index is 1270. The first-order valence-electron chi connectivity index (χ1n) is 9.63. The van der Waals surface area contributed by atoms with Gasteiger partial charge < -0.3 is 10.6 Å². The van der Waals surface area contributed by atoms with Crippen LogP contribution in [0.15, 0.2) is 88.0 Å². The first-order valence-corrected chi connectivity index (χ1v) is 10.8. The number of halogens is 2. The van der Waals surface area contributed by atoms with Gasteiger partial charge in [-0.3, -0.25) is 14.4 Å². The van der Waals surface area contributed by atoms with E-state index in [1.807, 2.05) is 25.1 Å². The minimum atomic E-state index is -0.616. The van der Waals surface area contributed by atoms with Crippen molar-refractivity contribution in [1.82, 2.24) is 0 Å². The highest BCUT2D eigenvalue weighted by Crippen LogP contribution is 2.31. The molecule has 4 rings (SSSR count). The number of anilines is 3. The molecule has 6 nitrogen and oxygen atoms in total. The summed E-state index contributed by atoms with van der Waals surface area (Å²) >= 11 is 9.52. The van der Waals surface area contributed by atoms with Gasteiger partial charge in [-0.2, -0.15) is 0 Å². The fourth-order valence-electron chi connectivity index (χ4n) is 3.24. The van der Waals surface area contributed by atoms with Crippen molar-refractivity contribution >= 4 is 62.3 Å². The number of imide groups is 1. The lowest BCUT2D eigenvalue weighted by molar-refractivity contribution is -0.120. The van der Waals surface area contributed by atoms with Gasteiger partial charge in [-0.25, -0.2) is 4.90 Å². The standard InChI is InChI=1S/C24H17BrClN3O3/c1-14-4-2-6-17(12-14)28-22(30)15-5-3-7-18(13-15)27-21-20(26)23(31)29(24(21)32)19-10-8-16(25)9-11-19/h2-13,27H,1H3,(H,28,30). The van der Waals surface area contributed by atoms with E-state index in [2.05, 4.69) is 26.6 Å². The van der Waals surface area contributed by atoms with Gasteiger partial charge in [0.25, 0.3) is 17.7 Å². The Hall–Kier alpha value is -3.42. The molecule has 3 aromatic carbocycles. The quantitative estimate of drug-likeness (QED) is 0.448. The van der Waals surface area contributed by atoms with Gasteiger partial charge in [0.1, 0.15) is 10.7 Å². The molecule has 0 bridgehead atoms. The number of hydrogen-bond donors (Lipinski definition) is 2. The van der Waals surface area contributed by atoms with Crippen molar-refractivity contribution in [1.29, 1.82) is 0 Å². The zero-order valence-corrected chi connectivity index (χ0v) is 19.2. The van der Waals surface area contributed by atoms with Crippen molar-refractivity contribution in [3.8, 4) is 0 Å². The van der Waals surface area contributed by atoms with Crippen LogP contribution in [0.4, 0.5) is 17.1 Å². The first kappa shape index (κ1) is 21.8. The highest BCUT2D eigenvalue weighted by molar-refractivity contribution is 9.10. The smallest absolute Gasteiger partial charge is 0.283 e. The summed E-state index contributed by atoms with van der Waals surface area (Å²) in [6.07, 6.45) is 0. The van der Waals surface area contributed by atoms with Crippen LogP contribution in [0.25, 0.3) is 0 Å². The molecule has 0 atom stereocenters. The Balaban J connectivity index is 1.54. The van der Waals surface area contributed by atoms with E-state index in [0.717, 1.165) is 14.9 Å². The number of aryl methyl sites for hydroxylation is 1. The highest BCUT2D eigenvalue weighted by Gasteiger charge is 2.38. The maximum Gasteiger partial charge on any atom is 0.283 e. The normalized spacial score (nSPS) is 13.5. The average molecular weight is 511 g/mol. The largest absolute Gasteiger partial charge is 0.350 e. The molecule has 0 radical (unpaired) electrons. The molecule has 1 aliphatic heterocycles. The van der Waals surface area contributed by atoms with Crippen LogP contribution >= 0.6 is 27.5 Å². The summed E-state index contributed by atoms with van der Waals surface area (Å²) < 4.78 is 0.818. The molecule has 1 aliphatic rings. The molecule has 0 saturated heterocycles. The molecule has 32 heavy (non-hydrogen) atoms. The Morgan fingerprint density at radius 2 is 1.59 bits per heavy atom. The lowest BCUT2D eigenvalue weighted by Crippen LogP contribution is -2.32. The second kappa shape index (κ2) is 8.98. The summed E-state index contributed by atoms with van der Waals surface area (Å²) in [5.41, 5.74) is 2.91. The Labute approximate surface area is 198 Å². The highest BCUT2D eigenvalue weighted by atomic mass is 79.9. The second-order valence-corrected chi connectivity index (χ2v) is 8.43. The molecule has 0 spiro atoms. The molecular weight excluding hydrogens is 494 g/mol. The van der Waals surface area contributed by atoms with E-state index in [4.69, 9.17) is 11.6 Å². The summed E-state index contributed by atoms with van der Waals surface area (Å²) in [4.78, 5) is 39.2. The van der Waals surface area contributed by atoms with Crippen LogP contribution in [0.3, 0.4) is 0 Å². The van der Waals surface area contributed by atoms with E-state index < -0.39 is 11.8 Å². The minimum Gasteiger partial charge on any atom is -0.350 e. The summed E-state index contributed by atoms with van der Waals surface area (Å²) in [6, 6.07) is 20.8. The zero-order chi connectivity index (χ0) is 22.8. The fraction of sp³-hybridized carbons (Fsp3) is 0.0417. The monoisotopic (exact) mass is 509 g/mol. The molecule has 0 fully saturated rings. The third-order valence-electron chi connectivity index (χ3n) is 4.78. The van der Waals surface area contributed by atoms with Crippen LogP contribution in [-0.2, 0) is 9.59 Å². The van der Waals surface area contributed by atoms with Gasteiger partial charge in [0.05, 0.1) is 5.69 Å². The third kappa shape index (κ3) is 4.44. The molecule has 160 valence electrons. The van der Waals surface area contributed by atoms with Crippen molar-refractivity contribution in [2.75, 3.05) is 15.5 Å². The zero-order valence-electron chi connectivity index (χ0n) is 16.9. The number of benzene rings is 3. The van der Waals surface area contributed by atoms with E-state index in [9.17, 15) is 14.4 Å². The average Bonchev–Trinajstić information content (AvgIpc) is 2.98. The van der Waals surface area contributed by atoms with Gasteiger partial charge in [0.15, 0.2) is 0 Å². The van der Waals surface area contributed by atoms with E-state index in [-0.39, 0.29) is 16.6 Å². The molecule has 0 unspecified atom stereocenters. The number of carbonyl (C=O) groups is 3. The van der Waals surface area contributed by atoms with Crippen LogP contribution in [0.1, 0.15) is 15.9 Å². The fourth-order valence-corrected chi connectivity index (χ4v) is 3.72. The minimum absolute atomic E-state index is 0.0455. The number of amides is 3. The van der Waals surface area contributed by atoms with Gasteiger partial charge >= 0.3 is 0 Å². The number of rotatable bonds is 5. The van der Waals surface area contributed by atoms with Crippen molar-refractivity contribution in [3.05, 3.63) is 99.1 Å². The third-order valence-corrected chi connectivity index (χ3v) is 5.66. The number of nitrogens with one attached hydrogen (secondary N) is 2. The predicted octanol–water partition coefficient (Wildman–Crippen LogP) is 5.45. The maximum atomic E-state index is 12.9. The van der Waals surface area contributed by atoms with Crippen LogP contribution in [0, 0.1) is 6.92 Å². The molecule has 0 saturated carbocycles. The van der Waals surface area contributed by atoms with E-state index in [0.29, 0.717) is 22.6 Å². The van der Waals surface area contributed by atoms with Crippen molar-refractivity contribution < 1.29 is 14.4 Å². The molecule has 8 heteroatoms. The van der Waals surface area contributed by atoms with Gasteiger partial charge in [0, 0.05) is 21.4 Å². The predicted molar refractivity (Wildman–Crippen MR) is 129 cm³/mol. The topological polar surface area (TPSA) is 78.5 Å². The Kier molecular flexibility index (Phi) is 6.12. The van der Waals surface area contributed by atoms with Crippen LogP contribution in [-0.4, -0.2) is 17.7 Å². The molecule has 0 aromatic heterocycles. The van der Waals surface area contributed by atoms with E-state index >= 15 is 0 Å². The van der Waals surface area contributed by atoms with Crippen molar-refractivity contribution in [3.63, 3.8) is 0 Å². The van der Waals surface area contributed by atoms with Gasteiger partial charge in [-0.05, 0) is 67.1 Å². The van der Waals surface area contributed by atoms with E-state index in [1.165, 1.54) is 0 Å². The molecular formula is C24H17BrClN3O3. The molecule has 0 aliphatic carbocycles. The Morgan fingerprint density at radius 3 is 2.31 bits per heavy atom. The Morgan fingerprint density at radius 1 is 0.906 bits per heavy atom. The summed E-state index contributed by atoms with van der Waals surface area (Å²) in [5, 5.41) is 5.52. The van der Waals surface area contributed by atoms with Gasteiger partial charge in [-0.1, -0.05) is 45.7 Å². The summed E-state index contributed by atoms with van der Waals surface area (Å²) in [5.74, 6) is -1.49. The summed E-state index contributed by atoms with van der Waals surface area (Å²) in [6.45, 7) is 1.94. The van der Waals surface area contributed by atoms with Crippen LogP contribution in [0.5, 0.6) is 0 Å². The van der Waals surface area contributed by atoms with Crippen LogP contribution in [0.2, 0.25) is 0 Å². The number of hydrogen-bond acceptors (Lipinski definition) is 4. The number of carbonyl (C=O) groups excluding carboxylic acids is 3. The van der Waals surface area contributed by atoms with E-state index in [1.54, 1.807) is 54.6 Å². The lowest BCUT2D eigenvalue weighted by Gasteiger charge is -2.15. The molecule has 1 heterocycles. The molecule has 3 amide bonds. The first-order chi connectivity index (χ1) is 15.3. The van der Waals surface area contributed by atoms with Crippen LogP contribution < -0.4 is 15.5 Å². The van der Waals surface area contributed by atoms with Crippen molar-refractivity contribution in [2.45, 2.75) is 6.92 Å². The lowest BCUT2D eigenvalue weighted by atomic mass is 10.1. The molecule has 3 aromatic rings. The SMILES string of the molecule is Cc1cccc(NC(=O)c2cccc(NC3=C(Cl)C(=O)N(c4ccc(Br)cc4)C3=O)c2)c1. The summed E-state index contributed by atoms with van der Waals surface area (Å²) in [7, 11) is 0. The maximum absolute atomic E-state index is 12.9. The molecule has 2 N–H and O–H groups in total.